The predicted octanol–water partition coefficient (Wildman–Crippen LogP) is 14.3. The number of hydrogen-bond donors (Lipinski definition) is 3. The van der Waals surface area contributed by atoms with Crippen LogP contribution < -0.4 is 5.32 Å². The van der Waals surface area contributed by atoms with Crippen molar-refractivity contribution in [3.8, 4) is 0 Å². The highest BCUT2D eigenvalue weighted by atomic mass is 16.5. The molecule has 1 amide bonds. The van der Waals surface area contributed by atoms with E-state index in [0.717, 1.165) is 89.9 Å². The molecule has 57 heavy (non-hydrogen) atoms. The smallest absolute Gasteiger partial charge is 0.306 e. The second-order valence-electron chi connectivity index (χ2n) is 16.5. The number of hydrogen-bond acceptors (Lipinski definition) is 5. The van der Waals surface area contributed by atoms with Gasteiger partial charge in [-0.2, -0.15) is 0 Å². The molecule has 0 aromatic heterocycles. The molecule has 0 aromatic carbocycles. The zero-order valence-corrected chi connectivity index (χ0v) is 37.7. The number of allylic oxidation sites excluding steroid dienone is 8. The molecule has 0 saturated heterocycles. The number of nitrogens with one attached hydrogen (secondary N) is 1. The van der Waals surface area contributed by atoms with E-state index in [9.17, 15) is 19.8 Å². The van der Waals surface area contributed by atoms with E-state index in [2.05, 4.69) is 74.7 Å². The van der Waals surface area contributed by atoms with Gasteiger partial charge in [0.25, 0.3) is 0 Å². The van der Waals surface area contributed by atoms with Gasteiger partial charge in [0.2, 0.25) is 5.91 Å². The Kier molecular flexibility index (Phi) is 43.2. The van der Waals surface area contributed by atoms with Gasteiger partial charge in [-0.05, 0) is 83.5 Å². The highest BCUT2D eigenvalue weighted by molar-refractivity contribution is 5.77. The summed E-state index contributed by atoms with van der Waals surface area (Å²) in [5.74, 6) is -0.530. The summed E-state index contributed by atoms with van der Waals surface area (Å²) < 4.78 is 5.89. The van der Waals surface area contributed by atoms with E-state index < -0.39 is 18.2 Å². The summed E-state index contributed by atoms with van der Waals surface area (Å²) in [4.78, 5) is 26.0. The minimum Gasteiger partial charge on any atom is -0.462 e. The quantitative estimate of drug-likeness (QED) is 0.0324. The van der Waals surface area contributed by atoms with Crippen LogP contribution in [0, 0.1) is 0 Å². The fraction of sp³-hybridized carbons (Fsp3) is 0.804. The molecule has 6 heteroatoms. The van der Waals surface area contributed by atoms with Gasteiger partial charge < -0.3 is 20.3 Å². The third kappa shape index (κ3) is 40.4. The molecule has 0 aliphatic carbocycles. The predicted molar refractivity (Wildman–Crippen MR) is 245 cm³/mol. The molecule has 0 bridgehead atoms. The van der Waals surface area contributed by atoms with Crippen molar-refractivity contribution >= 4 is 11.9 Å². The Morgan fingerprint density at radius 3 is 1.47 bits per heavy atom. The molecule has 6 nitrogen and oxygen atoms in total. The Bertz CT molecular complexity index is 988. The van der Waals surface area contributed by atoms with Crippen molar-refractivity contribution in [1.82, 2.24) is 5.32 Å². The molecule has 0 spiro atoms. The number of ether oxygens (including phenoxy) is 1. The third-order valence-electron chi connectivity index (χ3n) is 10.9. The number of unbranched alkanes of at least 4 members (excludes halogenated alkanes) is 23. The van der Waals surface area contributed by atoms with Gasteiger partial charge in [0, 0.05) is 6.42 Å². The van der Waals surface area contributed by atoms with Gasteiger partial charge in [0.1, 0.15) is 6.10 Å². The summed E-state index contributed by atoms with van der Waals surface area (Å²) in [6.07, 6.45) is 53.1. The highest BCUT2D eigenvalue weighted by Gasteiger charge is 2.24. The molecular formula is C51H93NO5. The molecule has 0 rings (SSSR count). The van der Waals surface area contributed by atoms with Gasteiger partial charge in [-0.15, -0.1) is 0 Å². The SMILES string of the molecule is CC/C=C/C/C=C/C/C=C/CCCCC(CC(=O)NC(CO)C(O)CCCCCCCCCCCCCC)OC(=O)CCCCC/C=C\CCCCCCCCC. The van der Waals surface area contributed by atoms with Gasteiger partial charge in [-0.1, -0.05) is 191 Å². The fourth-order valence-corrected chi connectivity index (χ4v) is 7.20. The average Bonchev–Trinajstić information content (AvgIpc) is 3.20. The fourth-order valence-electron chi connectivity index (χ4n) is 7.20. The number of aliphatic hydroxyl groups is 2. The Morgan fingerprint density at radius 1 is 0.526 bits per heavy atom. The van der Waals surface area contributed by atoms with E-state index >= 15 is 0 Å². The molecular weight excluding hydrogens is 707 g/mol. The molecule has 0 saturated carbocycles. The normalized spacial score (nSPS) is 13.7. The van der Waals surface area contributed by atoms with Crippen LogP contribution in [0.3, 0.4) is 0 Å². The zero-order chi connectivity index (χ0) is 41.7. The monoisotopic (exact) mass is 800 g/mol. The number of carbonyl (C=O) groups excluding carboxylic acids is 2. The maximum atomic E-state index is 13.1. The maximum Gasteiger partial charge on any atom is 0.306 e. The van der Waals surface area contributed by atoms with Crippen LogP contribution in [0.2, 0.25) is 0 Å². The van der Waals surface area contributed by atoms with E-state index in [-0.39, 0.29) is 24.9 Å². The molecule has 3 unspecified atom stereocenters. The minimum absolute atomic E-state index is 0.0458. The summed E-state index contributed by atoms with van der Waals surface area (Å²) in [5, 5.41) is 23.7. The number of aliphatic hydroxyl groups excluding tert-OH is 2. The van der Waals surface area contributed by atoms with E-state index in [1.807, 2.05) is 0 Å². The maximum absolute atomic E-state index is 13.1. The van der Waals surface area contributed by atoms with Crippen LogP contribution in [0.1, 0.15) is 239 Å². The van der Waals surface area contributed by atoms with Crippen LogP contribution in [0.25, 0.3) is 0 Å². The summed E-state index contributed by atoms with van der Waals surface area (Å²) in [5.41, 5.74) is 0. The van der Waals surface area contributed by atoms with Crippen molar-refractivity contribution < 1.29 is 24.5 Å². The summed E-state index contributed by atoms with van der Waals surface area (Å²) in [7, 11) is 0. The van der Waals surface area contributed by atoms with Gasteiger partial charge in [0.05, 0.1) is 25.2 Å². The van der Waals surface area contributed by atoms with Crippen molar-refractivity contribution in [3.63, 3.8) is 0 Å². The summed E-state index contributed by atoms with van der Waals surface area (Å²) >= 11 is 0. The first-order chi connectivity index (χ1) is 28.0. The minimum atomic E-state index is -0.798. The number of carbonyl (C=O) groups is 2. The number of rotatable bonds is 43. The lowest BCUT2D eigenvalue weighted by Gasteiger charge is -2.24. The van der Waals surface area contributed by atoms with Gasteiger partial charge in [-0.3, -0.25) is 9.59 Å². The number of amides is 1. The van der Waals surface area contributed by atoms with Crippen molar-refractivity contribution in [3.05, 3.63) is 48.6 Å². The first-order valence-electron chi connectivity index (χ1n) is 24.4. The van der Waals surface area contributed by atoms with E-state index in [0.29, 0.717) is 19.3 Å². The van der Waals surface area contributed by atoms with Crippen LogP contribution in [0.15, 0.2) is 48.6 Å². The molecule has 0 radical (unpaired) electrons. The lowest BCUT2D eigenvalue weighted by Crippen LogP contribution is -2.46. The Morgan fingerprint density at radius 2 is 0.947 bits per heavy atom. The molecule has 332 valence electrons. The first-order valence-corrected chi connectivity index (χ1v) is 24.4. The van der Waals surface area contributed by atoms with Crippen LogP contribution in [-0.2, 0) is 14.3 Å². The van der Waals surface area contributed by atoms with Gasteiger partial charge in [-0.25, -0.2) is 0 Å². The second kappa shape index (κ2) is 44.9. The topological polar surface area (TPSA) is 95.9 Å². The summed E-state index contributed by atoms with van der Waals surface area (Å²) in [6.45, 7) is 6.34. The largest absolute Gasteiger partial charge is 0.462 e. The Labute approximate surface area is 353 Å². The summed E-state index contributed by atoms with van der Waals surface area (Å²) in [6, 6.07) is -0.715. The third-order valence-corrected chi connectivity index (χ3v) is 10.9. The van der Waals surface area contributed by atoms with E-state index in [1.54, 1.807) is 0 Å². The highest BCUT2D eigenvalue weighted by Crippen LogP contribution is 2.17. The van der Waals surface area contributed by atoms with Gasteiger partial charge in [0.15, 0.2) is 0 Å². The zero-order valence-electron chi connectivity index (χ0n) is 37.7. The van der Waals surface area contributed by atoms with Crippen LogP contribution in [0.4, 0.5) is 0 Å². The van der Waals surface area contributed by atoms with E-state index in [4.69, 9.17) is 4.74 Å². The van der Waals surface area contributed by atoms with Crippen LogP contribution in [-0.4, -0.2) is 46.9 Å². The van der Waals surface area contributed by atoms with Crippen molar-refractivity contribution in [2.45, 2.75) is 257 Å². The van der Waals surface area contributed by atoms with Gasteiger partial charge >= 0.3 is 5.97 Å². The van der Waals surface area contributed by atoms with Crippen molar-refractivity contribution in [2.24, 2.45) is 0 Å². The molecule has 3 atom stereocenters. The molecule has 0 aromatic rings. The Hall–Kier alpha value is -2.18. The lowest BCUT2D eigenvalue weighted by atomic mass is 10.0. The second-order valence-corrected chi connectivity index (χ2v) is 16.5. The molecule has 0 aliphatic rings. The molecule has 0 aliphatic heterocycles. The number of esters is 1. The average molecular weight is 800 g/mol. The lowest BCUT2D eigenvalue weighted by molar-refractivity contribution is -0.151. The van der Waals surface area contributed by atoms with E-state index in [1.165, 1.54) is 103 Å². The molecule has 0 fully saturated rings. The molecule has 0 heterocycles. The van der Waals surface area contributed by atoms with Crippen molar-refractivity contribution in [2.75, 3.05) is 6.61 Å². The van der Waals surface area contributed by atoms with Crippen LogP contribution >= 0.6 is 0 Å². The van der Waals surface area contributed by atoms with Crippen molar-refractivity contribution in [1.29, 1.82) is 0 Å². The van der Waals surface area contributed by atoms with Crippen LogP contribution in [0.5, 0.6) is 0 Å². The first kappa shape index (κ1) is 54.8. The Balaban J connectivity index is 4.64. The molecule has 3 N–H and O–H groups in total. The standard InChI is InChI=1S/C51H93NO5/c1-4-7-10-13-16-19-22-25-26-29-32-35-38-41-44-51(56)57-47(42-39-36-33-30-27-23-20-17-14-11-8-5-2)45-50(55)52-48(46-53)49(54)43-40-37-34-31-28-24-21-18-15-12-9-6-3/h8,11,17,20,26-27,29-30,47-49,53-54H,4-7,9-10,12-16,18-19,21-25,28,31-46H2,1-3H3,(H,52,55)/b11-8+,20-17+,29-26-,30-27+.